The Morgan fingerprint density at radius 3 is 2.33 bits per heavy atom. The zero-order chi connectivity index (χ0) is 15.7. The van der Waals surface area contributed by atoms with Crippen LogP contribution in [0.2, 0.25) is 0 Å². The highest BCUT2D eigenvalue weighted by atomic mass is 16.6. The molecule has 0 saturated carbocycles. The van der Waals surface area contributed by atoms with Crippen molar-refractivity contribution in [3.63, 3.8) is 0 Å². The Labute approximate surface area is 128 Å². The largest absolute Gasteiger partial charge is 0.476 e. The minimum atomic E-state index is -0.973. The molecule has 0 spiro atoms. The number of carbonyl (C=O) groups is 1. The molecule has 1 aromatic carbocycles. The van der Waals surface area contributed by atoms with Gasteiger partial charge in [-0.25, -0.2) is 4.79 Å². The molecule has 0 heterocycles. The van der Waals surface area contributed by atoms with Crippen LogP contribution in [0.1, 0.15) is 59.8 Å². The van der Waals surface area contributed by atoms with E-state index in [1.165, 1.54) is 0 Å². The highest BCUT2D eigenvalue weighted by Gasteiger charge is 2.33. The van der Waals surface area contributed by atoms with Crippen LogP contribution in [0, 0.1) is 0 Å². The second kappa shape index (κ2) is 8.71. The third-order valence-electron chi connectivity index (χ3n) is 3.37. The number of rotatable bonds is 9. The SMILES string of the molecule is CCCCC(CCC)OC(=O)C(C)(C)Oc1ccccc1. The van der Waals surface area contributed by atoms with Gasteiger partial charge < -0.3 is 9.47 Å². The van der Waals surface area contributed by atoms with Crippen LogP contribution in [0.15, 0.2) is 30.3 Å². The lowest BCUT2D eigenvalue weighted by atomic mass is 10.1. The van der Waals surface area contributed by atoms with E-state index >= 15 is 0 Å². The maximum absolute atomic E-state index is 12.4. The van der Waals surface area contributed by atoms with Crippen molar-refractivity contribution >= 4 is 5.97 Å². The molecule has 21 heavy (non-hydrogen) atoms. The van der Waals surface area contributed by atoms with Gasteiger partial charge in [0.2, 0.25) is 0 Å². The van der Waals surface area contributed by atoms with Crippen LogP contribution in [0.4, 0.5) is 0 Å². The molecule has 0 fully saturated rings. The van der Waals surface area contributed by atoms with E-state index in [1.54, 1.807) is 13.8 Å². The van der Waals surface area contributed by atoms with E-state index < -0.39 is 5.60 Å². The molecule has 0 bridgehead atoms. The summed E-state index contributed by atoms with van der Waals surface area (Å²) in [6.07, 6.45) is 5.05. The second-order valence-corrected chi connectivity index (χ2v) is 5.88. The van der Waals surface area contributed by atoms with Crippen LogP contribution in [0.3, 0.4) is 0 Å². The standard InChI is InChI=1S/C18H28O3/c1-5-7-12-15(11-6-2)20-17(19)18(3,4)21-16-13-9-8-10-14-16/h8-10,13-15H,5-7,11-12H2,1-4H3. The average Bonchev–Trinajstić information content (AvgIpc) is 2.45. The van der Waals surface area contributed by atoms with Crippen LogP contribution < -0.4 is 4.74 Å². The summed E-state index contributed by atoms with van der Waals surface area (Å²) >= 11 is 0. The molecule has 1 rings (SSSR count). The molecule has 1 atom stereocenters. The van der Waals surface area contributed by atoms with Crippen molar-refractivity contribution in [3.05, 3.63) is 30.3 Å². The van der Waals surface area contributed by atoms with Crippen molar-refractivity contribution in [1.29, 1.82) is 0 Å². The first-order chi connectivity index (χ1) is 9.99. The van der Waals surface area contributed by atoms with Crippen LogP contribution in [-0.2, 0) is 9.53 Å². The number of unbranched alkanes of at least 4 members (excludes halogenated alkanes) is 1. The first-order valence-corrected chi connectivity index (χ1v) is 7.94. The average molecular weight is 292 g/mol. The Kier molecular flexibility index (Phi) is 7.27. The summed E-state index contributed by atoms with van der Waals surface area (Å²) in [6.45, 7) is 7.77. The lowest BCUT2D eigenvalue weighted by molar-refractivity contribution is -0.165. The molecular weight excluding hydrogens is 264 g/mol. The fourth-order valence-corrected chi connectivity index (χ4v) is 2.13. The molecule has 0 aliphatic heterocycles. The first kappa shape index (κ1) is 17.5. The van der Waals surface area contributed by atoms with Crippen molar-refractivity contribution in [2.45, 2.75) is 71.5 Å². The van der Waals surface area contributed by atoms with Gasteiger partial charge in [0, 0.05) is 0 Å². The van der Waals surface area contributed by atoms with Gasteiger partial charge in [-0.15, -0.1) is 0 Å². The van der Waals surface area contributed by atoms with E-state index in [1.807, 2.05) is 30.3 Å². The number of esters is 1. The monoisotopic (exact) mass is 292 g/mol. The van der Waals surface area contributed by atoms with Crippen LogP contribution in [-0.4, -0.2) is 17.7 Å². The second-order valence-electron chi connectivity index (χ2n) is 5.88. The maximum Gasteiger partial charge on any atom is 0.350 e. The zero-order valence-electron chi connectivity index (χ0n) is 13.7. The molecule has 1 aromatic rings. The summed E-state index contributed by atoms with van der Waals surface area (Å²) in [5, 5.41) is 0. The van der Waals surface area contributed by atoms with Gasteiger partial charge in [-0.2, -0.15) is 0 Å². The van der Waals surface area contributed by atoms with E-state index in [0.717, 1.165) is 32.1 Å². The Balaban J connectivity index is 2.61. The normalized spacial score (nSPS) is 12.8. The van der Waals surface area contributed by atoms with E-state index in [9.17, 15) is 4.79 Å². The van der Waals surface area contributed by atoms with Crippen molar-refractivity contribution in [2.75, 3.05) is 0 Å². The van der Waals surface area contributed by atoms with E-state index in [0.29, 0.717) is 5.75 Å². The minimum absolute atomic E-state index is 0.00102. The minimum Gasteiger partial charge on any atom is -0.476 e. The molecule has 0 amide bonds. The zero-order valence-corrected chi connectivity index (χ0v) is 13.7. The van der Waals surface area contributed by atoms with Crippen molar-refractivity contribution < 1.29 is 14.3 Å². The summed E-state index contributed by atoms with van der Waals surface area (Å²) in [6, 6.07) is 9.38. The third kappa shape index (κ3) is 6.19. The number of ether oxygens (including phenoxy) is 2. The molecule has 0 N–H and O–H groups in total. The fraction of sp³-hybridized carbons (Fsp3) is 0.611. The number of hydrogen-bond donors (Lipinski definition) is 0. The number of benzene rings is 1. The van der Waals surface area contributed by atoms with Crippen LogP contribution in [0.5, 0.6) is 5.75 Å². The predicted octanol–water partition coefficient (Wildman–Crippen LogP) is 4.75. The Morgan fingerprint density at radius 2 is 1.76 bits per heavy atom. The fourth-order valence-electron chi connectivity index (χ4n) is 2.13. The molecule has 0 aromatic heterocycles. The van der Waals surface area contributed by atoms with Gasteiger partial charge in [0.1, 0.15) is 11.9 Å². The Morgan fingerprint density at radius 1 is 1.10 bits per heavy atom. The Bertz CT molecular complexity index is 412. The molecule has 1 unspecified atom stereocenters. The van der Waals surface area contributed by atoms with Crippen molar-refractivity contribution in [2.24, 2.45) is 0 Å². The number of carbonyl (C=O) groups excluding carboxylic acids is 1. The van der Waals surface area contributed by atoms with E-state index in [4.69, 9.17) is 9.47 Å². The van der Waals surface area contributed by atoms with Gasteiger partial charge >= 0.3 is 5.97 Å². The lowest BCUT2D eigenvalue weighted by Crippen LogP contribution is -2.41. The van der Waals surface area contributed by atoms with E-state index in [2.05, 4.69) is 13.8 Å². The van der Waals surface area contributed by atoms with Crippen molar-refractivity contribution in [3.8, 4) is 5.75 Å². The smallest absolute Gasteiger partial charge is 0.350 e. The lowest BCUT2D eigenvalue weighted by Gasteiger charge is -2.27. The molecule has 118 valence electrons. The highest BCUT2D eigenvalue weighted by molar-refractivity contribution is 5.79. The van der Waals surface area contributed by atoms with Crippen molar-refractivity contribution in [1.82, 2.24) is 0 Å². The van der Waals surface area contributed by atoms with Gasteiger partial charge in [0.25, 0.3) is 0 Å². The summed E-state index contributed by atoms with van der Waals surface area (Å²) in [5.74, 6) is 0.390. The van der Waals surface area contributed by atoms with Gasteiger partial charge in [-0.3, -0.25) is 0 Å². The summed E-state index contributed by atoms with van der Waals surface area (Å²) < 4.78 is 11.4. The van der Waals surface area contributed by atoms with Gasteiger partial charge in [0.05, 0.1) is 0 Å². The molecule has 0 saturated heterocycles. The van der Waals surface area contributed by atoms with Gasteiger partial charge in [-0.1, -0.05) is 51.3 Å². The van der Waals surface area contributed by atoms with Gasteiger partial charge in [0.15, 0.2) is 5.60 Å². The molecule has 0 radical (unpaired) electrons. The Hall–Kier alpha value is -1.51. The van der Waals surface area contributed by atoms with E-state index in [-0.39, 0.29) is 12.1 Å². The summed E-state index contributed by atoms with van der Waals surface area (Å²) in [5.41, 5.74) is -0.973. The molecule has 0 aliphatic carbocycles. The summed E-state index contributed by atoms with van der Waals surface area (Å²) in [4.78, 5) is 12.4. The predicted molar refractivity (Wildman–Crippen MR) is 85.5 cm³/mol. The maximum atomic E-state index is 12.4. The van der Waals surface area contributed by atoms with Gasteiger partial charge in [-0.05, 0) is 38.8 Å². The summed E-state index contributed by atoms with van der Waals surface area (Å²) in [7, 11) is 0. The van der Waals surface area contributed by atoms with Crippen LogP contribution >= 0.6 is 0 Å². The molecule has 0 aliphatic rings. The number of para-hydroxylation sites is 1. The third-order valence-corrected chi connectivity index (χ3v) is 3.37. The highest BCUT2D eigenvalue weighted by Crippen LogP contribution is 2.21. The topological polar surface area (TPSA) is 35.5 Å². The molecule has 3 nitrogen and oxygen atoms in total. The molecule has 3 heteroatoms. The number of hydrogen-bond acceptors (Lipinski definition) is 3. The van der Waals surface area contributed by atoms with Crippen LogP contribution in [0.25, 0.3) is 0 Å². The molecular formula is C18H28O3. The quantitative estimate of drug-likeness (QED) is 0.616. The first-order valence-electron chi connectivity index (χ1n) is 7.94.